The topological polar surface area (TPSA) is 55.8 Å². The molecule has 0 spiro atoms. The molecule has 0 aromatic carbocycles. The van der Waals surface area contributed by atoms with Crippen LogP contribution in [0.3, 0.4) is 0 Å². The van der Waals surface area contributed by atoms with E-state index in [1.165, 1.54) is 0 Å². The van der Waals surface area contributed by atoms with Crippen LogP contribution in [0.4, 0.5) is 0 Å². The van der Waals surface area contributed by atoms with E-state index in [4.69, 9.17) is 9.47 Å². The van der Waals surface area contributed by atoms with Crippen molar-refractivity contribution in [3.63, 3.8) is 0 Å². The highest BCUT2D eigenvalue weighted by Crippen LogP contribution is 2.30. The quantitative estimate of drug-likeness (QED) is 0.704. The Kier molecular flexibility index (Phi) is 5.42. The van der Waals surface area contributed by atoms with E-state index in [2.05, 4.69) is 0 Å². The first-order valence-corrected chi connectivity index (χ1v) is 6.31. The summed E-state index contributed by atoms with van der Waals surface area (Å²) in [5, 5.41) is 9.18. The maximum Gasteiger partial charge on any atom is 0.336 e. The van der Waals surface area contributed by atoms with Gasteiger partial charge in [-0.05, 0) is 25.0 Å². The van der Waals surface area contributed by atoms with E-state index in [0.29, 0.717) is 25.4 Å². The molecule has 1 fully saturated rings. The standard InChI is InChI=1S/C10H18O4S/c1-13-5-3-6-14-10(9(11)12)4-2-7-15-8-10/h2-8H2,1H3,(H,11,12). The third-order valence-electron chi connectivity index (χ3n) is 2.47. The molecule has 88 valence electrons. The summed E-state index contributed by atoms with van der Waals surface area (Å²) in [7, 11) is 1.63. The molecule has 0 bridgehead atoms. The lowest BCUT2D eigenvalue weighted by Crippen LogP contribution is -2.46. The van der Waals surface area contributed by atoms with E-state index in [0.717, 1.165) is 18.6 Å². The van der Waals surface area contributed by atoms with Gasteiger partial charge in [-0.25, -0.2) is 4.79 Å². The van der Waals surface area contributed by atoms with Gasteiger partial charge in [0.05, 0.1) is 6.61 Å². The molecule has 1 rings (SSSR count). The second-order valence-corrected chi connectivity index (χ2v) is 4.76. The van der Waals surface area contributed by atoms with Gasteiger partial charge in [0.25, 0.3) is 0 Å². The van der Waals surface area contributed by atoms with Crippen molar-refractivity contribution in [3.8, 4) is 0 Å². The molecule has 15 heavy (non-hydrogen) atoms. The largest absolute Gasteiger partial charge is 0.479 e. The fourth-order valence-electron chi connectivity index (χ4n) is 1.58. The number of aliphatic carboxylic acids is 1. The lowest BCUT2D eigenvalue weighted by molar-refractivity contribution is -0.164. The van der Waals surface area contributed by atoms with Gasteiger partial charge >= 0.3 is 5.97 Å². The van der Waals surface area contributed by atoms with Crippen LogP contribution in [0.15, 0.2) is 0 Å². The van der Waals surface area contributed by atoms with Crippen LogP contribution in [0.5, 0.6) is 0 Å². The zero-order chi connectivity index (χ0) is 11.1. The van der Waals surface area contributed by atoms with Crippen molar-refractivity contribution in [2.24, 2.45) is 0 Å². The van der Waals surface area contributed by atoms with E-state index in [-0.39, 0.29) is 0 Å². The molecule has 1 atom stereocenters. The molecule has 0 saturated carbocycles. The number of hydrogen-bond acceptors (Lipinski definition) is 4. The summed E-state index contributed by atoms with van der Waals surface area (Å²) < 4.78 is 10.4. The monoisotopic (exact) mass is 234 g/mol. The molecule has 0 aromatic rings. The second-order valence-electron chi connectivity index (χ2n) is 3.65. The molecule has 0 aromatic heterocycles. The molecule has 0 amide bonds. The smallest absolute Gasteiger partial charge is 0.336 e. The number of hydrogen-bond donors (Lipinski definition) is 1. The van der Waals surface area contributed by atoms with E-state index < -0.39 is 11.6 Å². The van der Waals surface area contributed by atoms with E-state index in [1.807, 2.05) is 0 Å². The lowest BCUT2D eigenvalue weighted by atomic mass is 10.00. The Labute approximate surface area is 94.3 Å². The molecular weight excluding hydrogens is 216 g/mol. The average molecular weight is 234 g/mol. The summed E-state index contributed by atoms with van der Waals surface area (Å²) in [4.78, 5) is 11.2. The molecule has 1 aliphatic rings. The predicted molar refractivity (Wildman–Crippen MR) is 59.4 cm³/mol. The number of ether oxygens (including phenoxy) is 2. The molecule has 1 unspecified atom stereocenters. The van der Waals surface area contributed by atoms with Gasteiger partial charge in [-0.2, -0.15) is 11.8 Å². The van der Waals surface area contributed by atoms with Gasteiger partial charge in [0.15, 0.2) is 5.60 Å². The SMILES string of the molecule is COCCCOC1(C(=O)O)CCCSC1. The van der Waals surface area contributed by atoms with Crippen LogP contribution < -0.4 is 0 Å². The fourth-order valence-corrected chi connectivity index (χ4v) is 2.76. The summed E-state index contributed by atoms with van der Waals surface area (Å²) in [6.07, 6.45) is 2.29. The van der Waals surface area contributed by atoms with E-state index >= 15 is 0 Å². The highest BCUT2D eigenvalue weighted by Gasteiger charge is 2.41. The Balaban J connectivity index is 2.39. The Morgan fingerprint density at radius 2 is 2.33 bits per heavy atom. The summed E-state index contributed by atoms with van der Waals surface area (Å²) in [6, 6.07) is 0. The fraction of sp³-hybridized carbons (Fsp3) is 0.900. The summed E-state index contributed by atoms with van der Waals surface area (Å²) in [6.45, 7) is 1.07. The maximum atomic E-state index is 11.2. The highest BCUT2D eigenvalue weighted by molar-refractivity contribution is 7.99. The zero-order valence-electron chi connectivity index (χ0n) is 9.03. The molecule has 4 nitrogen and oxygen atoms in total. The van der Waals surface area contributed by atoms with E-state index in [1.54, 1.807) is 18.9 Å². The molecule has 1 saturated heterocycles. The van der Waals surface area contributed by atoms with Gasteiger partial charge < -0.3 is 14.6 Å². The molecule has 1 heterocycles. The molecular formula is C10H18O4S. The van der Waals surface area contributed by atoms with Crippen molar-refractivity contribution in [2.45, 2.75) is 24.9 Å². The predicted octanol–water partition coefficient (Wildman–Crippen LogP) is 1.39. The van der Waals surface area contributed by atoms with Crippen LogP contribution in [0.2, 0.25) is 0 Å². The number of carbonyl (C=O) groups is 1. The third-order valence-corrected chi connectivity index (χ3v) is 3.71. The Bertz CT molecular complexity index is 202. The first-order valence-electron chi connectivity index (χ1n) is 5.15. The molecule has 0 aliphatic carbocycles. The maximum absolute atomic E-state index is 11.2. The summed E-state index contributed by atoms with van der Waals surface area (Å²) in [5.74, 6) is 0.776. The van der Waals surface area contributed by atoms with Crippen molar-refractivity contribution in [1.82, 2.24) is 0 Å². The van der Waals surface area contributed by atoms with Crippen LogP contribution in [0.25, 0.3) is 0 Å². The molecule has 5 heteroatoms. The van der Waals surface area contributed by atoms with Crippen molar-refractivity contribution in [3.05, 3.63) is 0 Å². The van der Waals surface area contributed by atoms with Crippen LogP contribution in [-0.4, -0.2) is 48.5 Å². The van der Waals surface area contributed by atoms with Gasteiger partial charge in [0.2, 0.25) is 0 Å². The van der Waals surface area contributed by atoms with Crippen LogP contribution in [-0.2, 0) is 14.3 Å². The first-order chi connectivity index (χ1) is 7.21. The molecule has 1 aliphatic heterocycles. The van der Waals surface area contributed by atoms with Gasteiger partial charge in [0, 0.05) is 19.5 Å². The highest BCUT2D eigenvalue weighted by atomic mass is 32.2. The minimum absolute atomic E-state index is 0.459. The van der Waals surface area contributed by atoms with Gasteiger partial charge in [-0.3, -0.25) is 0 Å². The zero-order valence-corrected chi connectivity index (χ0v) is 9.85. The van der Waals surface area contributed by atoms with Gasteiger partial charge in [-0.15, -0.1) is 0 Å². The lowest BCUT2D eigenvalue weighted by Gasteiger charge is -2.32. The molecule has 1 N–H and O–H groups in total. The van der Waals surface area contributed by atoms with Gasteiger partial charge in [-0.1, -0.05) is 0 Å². The Morgan fingerprint density at radius 1 is 1.53 bits per heavy atom. The number of methoxy groups -OCH3 is 1. The third kappa shape index (κ3) is 3.66. The van der Waals surface area contributed by atoms with Crippen molar-refractivity contribution < 1.29 is 19.4 Å². The first kappa shape index (κ1) is 12.8. The second kappa shape index (κ2) is 6.35. The van der Waals surface area contributed by atoms with Crippen LogP contribution >= 0.6 is 11.8 Å². The van der Waals surface area contributed by atoms with Crippen molar-refractivity contribution in [1.29, 1.82) is 0 Å². The minimum atomic E-state index is -0.948. The number of carboxylic acids is 1. The van der Waals surface area contributed by atoms with Crippen LogP contribution in [0, 0.1) is 0 Å². The van der Waals surface area contributed by atoms with Gasteiger partial charge in [0.1, 0.15) is 0 Å². The summed E-state index contributed by atoms with van der Waals surface area (Å²) >= 11 is 1.66. The minimum Gasteiger partial charge on any atom is -0.479 e. The Hall–Kier alpha value is -0.260. The van der Waals surface area contributed by atoms with Crippen molar-refractivity contribution in [2.75, 3.05) is 31.8 Å². The number of carboxylic acid groups (broad SMARTS) is 1. The average Bonchev–Trinajstić information content (AvgIpc) is 2.26. The van der Waals surface area contributed by atoms with Crippen molar-refractivity contribution >= 4 is 17.7 Å². The Morgan fingerprint density at radius 3 is 2.87 bits per heavy atom. The molecule has 0 radical (unpaired) electrons. The number of thioether (sulfide) groups is 1. The van der Waals surface area contributed by atoms with Crippen LogP contribution in [0.1, 0.15) is 19.3 Å². The summed E-state index contributed by atoms with van der Waals surface area (Å²) in [5.41, 5.74) is -0.948. The number of rotatable bonds is 6. The normalized spacial score (nSPS) is 26.5. The van der Waals surface area contributed by atoms with E-state index in [9.17, 15) is 9.90 Å².